The van der Waals surface area contributed by atoms with Gasteiger partial charge in [0.05, 0.1) is 11.4 Å². The van der Waals surface area contributed by atoms with Crippen LogP contribution in [0.4, 0.5) is 0 Å². The smallest absolute Gasteiger partial charge is 0.129 e. The minimum Gasteiger partial charge on any atom is -0.394 e. The van der Waals surface area contributed by atoms with Crippen LogP contribution in [0.25, 0.3) is 6.08 Å². The zero-order valence-corrected chi connectivity index (χ0v) is 11.5. The van der Waals surface area contributed by atoms with Crippen LogP contribution in [0.2, 0.25) is 0 Å². The number of aromatic nitrogens is 2. The van der Waals surface area contributed by atoms with Gasteiger partial charge in [-0.1, -0.05) is 25.1 Å². The van der Waals surface area contributed by atoms with Gasteiger partial charge in [-0.2, -0.15) is 0 Å². The summed E-state index contributed by atoms with van der Waals surface area (Å²) in [4.78, 5) is 16.0. The molecule has 0 unspecified atom stereocenters. The lowest BCUT2D eigenvalue weighted by Crippen LogP contribution is -2.26. The maximum atomic E-state index is 5.42. The Morgan fingerprint density at radius 1 is 1.37 bits per heavy atom. The fourth-order valence-corrected chi connectivity index (χ4v) is 2.01. The van der Waals surface area contributed by atoms with E-state index in [-0.39, 0.29) is 0 Å². The summed E-state index contributed by atoms with van der Waals surface area (Å²) < 4.78 is 0. The Balaban J connectivity index is 1.92. The number of hydrogen-bond donors (Lipinski definition) is 0. The van der Waals surface area contributed by atoms with Gasteiger partial charge in [0, 0.05) is 24.7 Å². The van der Waals surface area contributed by atoms with Crippen molar-refractivity contribution in [2.75, 3.05) is 26.2 Å². The highest BCUT2D eigenvalue weighted by Crippen LogP contribution is 2.16. The van der Waals surface area contributed by atoms with Crippen molar-refractivity contribution in [3.63, 3.8) is 0 Å². The fraction of sp³-hybridized carbons (Fsp3) is 0.500. The van der Waals surface area contributed by atoms with Crippen molar-refractivity contribution >= 4 is 11.8 Å². The second-order valence-electron chi connectivity index (χ2n) is 4.33. The Labute approximate surface area is 114 Å². The molecule has 0 radical (unpaired) electrons. The molecule has 1 aliphatic carbocycles. The number of likely N-dealkylation sites (N-methyl/N-ethyl adjacent to an activating group) is 1. The molecule has 1 aromatic rings. The summed E-state index contributed by atoms with van der Waals surface area (Å²) in [5, 5.41) is 4.22. The van der Waals surface area contributed by atoms with E-state index in [1.807, 2.05) is 12.2 Å². The summed E-state index contributed by atoms with van der Waals surface area (Å²) in [5.41, 5.74) is 2.78. The van der Waals surface area contributed by atoms with E-state index >= 15 is 0 Å². The molecule has 0 spiro atoms. The average Bonchev–Trinajstić information content (AvgIpc) is 2.47. The van der Waals surface area contributed by atoms with E-state index in [1.165, 1.54) is 0 Å². The lowest BCUT2D eigenvalue weighted by Gasteiger charge is -2.17. The van der Waals surface area contributed by atoms with Crippen LogP contribution in [0.15, 0.2) is 23.8 Å². The lowest BCUT2D eigenvalue weighted by atomic mass is 10.0. The van der Waals surface area contributed by atoms with Crippen LogP contribution in [0, 0.1) is 0 Å². The van der Waals surface area contributed by atoms with Gasteiger partial charge in [0.25, 0.3) is 0 Å². The largest absolute Gasteiger partial charge is 0.394 e. The predicted molar refractivity (Wildman–Crippen MR) is 76.0 cm³/mol. The maximum Gasteiger partial charge on any atom is 0.129 e. The molecule has 5 heteroatoms. The molecule has 0 aliphatic heterocycles. The molecule has 0 N–H and O–H groups in total. The normalized spacial score (nSPS) is 15.8. The number of hydrogen-bond acceptors (Lipinski definition) is 5. The second kappa shape index (κ2) is 6.99. The van der Waals surface area contributed by atoms with Crippen molar-refractivity contribution in [3.05, 3.63) is 29.9 Å². The monoisotopic (exact) mass is 260 g/mol. The number of rotatable bonds is 6. The van der Waals surface area contributed by atoms with Crippen LogP contribution in [0.3, 0.4) is 0 Å². The van der Waals surface area contributed by atoms with Crippen LogP contribution in [0.1, 0.15) is 31.5 Å². The zero-order chi connectivity index (χ0) is 13.5. The Morgan fingerprint density at radius 3 is 3.00 bits per heavy atom. The summed E-state index contributed by atoms with van der Waals surface area (Å²) in [5.74, 6) is 0. The molecule has 1 heterocycles. The highest BCUT2D eigenvalue weighted by atomic mass is 16.6. The second-order valence-corrected chi connectivity index (χ2v) is 4.33. The van der Waals surface area contributed by atoms with Crippen molar-refractivity contribution in [3.8, 4) is 0 Å². The Morgan fingerprint density at radius 2 is 2.21 bits per heavy atom. The standard InChI is InChI=1S/C14H20N4O/c1-3-18(4-2)8-9-19-17-14-7-5-6-13-12(14)10-15-11-16-13/h5-6,10-11H,3-4,7-9H2,1-2H3. The molecule has 1 aromatic heterocycles. The first-order valence-electron chi connectivity index (χ1n) is 6.73. The molecule has 5 nitrogen and oxygen atoms in total. The van der Waals surface area contributed by atoms with E-state index < -0.39 is 0 Å². The molecule has 0 saturated carbocycles. The van der Waals surface area contributed by atoms with Crippen molar-refractivity contribution in [1.29, 1.82) is 0 Å². The molecule has 0 atom stereocenters. The number of nitrogens with zero attached hydrogens (tertiary/aromatic N) is 4. The van der Waals surface area contributed by atoms with Gasteiger partial charge in [-0.3, -0.25) is 0 Å². The Kier molecular flexibility index (Phi) is 5.03. The molecule has 0 saturated heterocycles. The average molecular weight is 260 g/mol. The van der Waals surface area contributed by atoms with Gasteiger partial charge in [0.2, 0.25) is 0 Å². The van der Waals surface area contributed by atoms with Gasteiger partial charge in [0.15, 0.2) is 0 Å². The van der Waals surface area contributed by atoms with Gasteiger partial charge in [-0.25, -0.2) is 9.97 Å². The molecule has 19 heavy (non-hydrogen) atoms. The lowest BCUT2D eigenvalue weighted by molar-refractivity contribution is 0.114. The third-order valence-corrected chi connectivity index (χ3v) is 3.21. The van der Waals surface area contributed by atoms with Gasteiger partial charge >= 0.3 is 0 Å². The fourth-order valence-electron chi connectivity index (χ4n) is 2.01. The minimum absolute atomic E-state index is 0.609. The predicted octanol–water partition coefficient (Wildman–Crippen LogP) is 1.96. The summed E-state index contributed by atoms with van der Waals surface area (Å²) in [6.07, 6.45) is 8.14. The van der Waals surface area contributed by atoms with Gasteiger partial charge in [-0.15, -0.1) is 0 Å². The van der Waals surface area contributed by atoms with Crippen LogP contribution in [-0.2, 0) is 4.84 Å². The van der Waals surface area contributed by atoms with Crippen molar-refractivity contribution in [1.82, 2.24) is 14.9 Å². The van der Waals surface area contributed by atoms with Crippen molar-refractivity contribution in [2.45, 2.75) is 20.3 Å². The molecule has 2 rings (SSSR count). The molecule has 0 fully saturated rings. The van der Waals surface area contributed by atoms with Crippen LogP contribution >= 0.6 is 0 Å². The highest BCUT2D eigenvalue weighted by Gasteiger charge is 2.13. The molecular formula is C14H20N4O. The number of oxime groups is 1. The molecule has 0 aromatic carbocycles. The van der Waals surface area contributed by atoms with E-state index in [9.17, 15) is 0 Å². The van der Waals surface area contributed by atoms with E-state index in [0.29, 0.717) is 6.61 Å². The first-order valence-corrected chi connectivity index (χ1v) is 6.73. The van der Waals surface area contributed by atoms with E-state index in [2.05, 4.69) is 33.9 Å². The van der Waals surface area contributed by atoms with E-state index in [1.54, 1.807) is 12.5 Å². The molecule has 0 bridgehead atoms. The first kappa shape index (κ1) is 13.7. The third kappa shape index (κ3) is 3.61. The molecule has 102 valence electrons. The van der Waals surface area contributed by atoms with Crippen molar-refractivity contribution < 1.29 is 4.84 Å². The molecule has 0 amide bonds. The third-order valence-electron chi connectivity index (χ3n) is 3.21. The van der Waals surface area contributed by atoms with Gasteiger partial charge < -0.3 is 9.74 Å². The van der Waals surface area contributed by atoms with Crippen LogP contribution < -0.4 is 0 Å². The summed E-state index contributed by atoms with van der Waals surface area (Å²) in [6, 6.07) is 0. The highest BCUT2D eigenvalue weighted by molar-refractivity contribution is 6.05. The minimum atomic E-state index is 0.609. The van der Waals surface area contributed by atoms with E-state index in [0.717, 1.165) is 43.0 Å². The van der Waals surface area contributed by atoms with Gasteiger partial charge in [0.1, 0.15) is 12.9 Å². The first-order chi connectivity index (χ1) is 9.35. The van der Waals surface area contributed by atoms with Gasteiger partial charge in [-0.05, 0) is 19.2 Å². The van der Waals surface area contributed by atoms with Crippen LogP contribution in [0.5, 0.6) is 0 Å². The summed E-state index contributed by atoms with van der Waals surface area (Å²) in [6.45, 7) is 7.88. The number of allylic oxidation sites excluding steroid dienone is 1. The van der Waals surface area contributed by atoms with Crippen molar-refractivity contribution in [2.24, 2.45) is 5.16 Å². The topological polar surface area (TPSA) is 50.6 Å². The quantitative estimate of drug-likeness (QED) is 0.579. The maximum absolute atomic E-state index is 5.42. The zero-order valence-electron chi connectivity index (χ0n) is 11.5. The molecule has 1 aliphatic rings. The Bertz CT molecular complexity index is 466. The van der Waals surface area contributed by atoms with Crippen LogP contribution in [-0.4, -0.2) is 46.8 Å². The van der Waals surface area contributed by atoms with E-state index in [4.69, 9.17) is 4.84 Å². The summed E-state index contributed by atoms with van der Waals surface area (Å²) >= 11 is 0. The number of fused-ring (bicyclic) bond motifs is 1. The molecular weight excluding hydrogens is 240 g/mol. The SMILES string of the molecule is CCN(CC)CCON=C1CC=Cc2ncncc21. The Hall–Kier alpha value is -1.75. The summed E-state index contributed by atoms with van der Waals surface area (Å²) in [7, 11) is 0.